The van der Waals surface area contributed by atoms with Gasteiger partial charge >= 0.3 is 5.97 Å². The topological polar surface area (TPSA) is 91.0 Å². The van der Waals surface area contributed by atoms with Gasteiger partial charge in [-0.2, -0.15) is 4.98 Å². The summed E-state index contributed by atoms with van der Waals surface area (Å²) in [5.74, 6) is 0.746. The molecule has 3 rings (SSSR count). The molecule has 0 N–H and O–H groups in total. The van der Waals surface area contributed by atoms with E-state index in [0.29, 0.717) is 31.2 Å². The van der Waals surface area contributed by atoms with E-state index < -0.39 is 0 Å². The Bertz CT molecular complexity index is 801. The molecule has 0 saturated carbocycles. The maximum Gasteiger partial charge on any atom is 0.311 e. The molecule has 3 aromatic rings. The first-order valence-electron chi connectivity index (χ1n) is 7.50. The Kier molecular flexibility index (Phi) is 5.27. The molecule has 0 aliphatic rings. The molecule has 24 heavy (non-hydrogen) atoms. The van der Waals surface area contributed by atoms with E-state index >= 15 is 0 Å². The summed E-state index contributed by atoms with van der Waals surface area (Å²) >= 11 is 1.52. The van der Waals surface area contributed by atoms with Crippen molar-refractivity contribution in [2.24, 2.45) is 0 Å². The second-order valence-corrected chi connectivity index (χ2v) is 6.17. The number of hydrogen-bond donors (Lipinski definition) is 0. The van der Waals surface area contributed by atoms with Crippen LogP contribution in [0.3, 0.4) is 0 Å². The van der Waals surface area contributed by atoms with E-state index in [4.69, 9.17) is 9.26 Å². The molecule has 3 heterocycles. The molecule has 0 atom stereocenters. The number of nitrogens with zero attached hydrogens (tertiary/aromatic N) is 4. The Balaban J connectivity index is 1.40. The first-order valence-corrected chi connectivity index (χ1v) is 8.38. The molecule has 0 radical (unpaired) electrons. The maximum absolute atomic E-state index is 11.7. The molecule has 0 aromatic carbocycles. The maximum atomic E-state index is 11.7. The Hall–Kier alpha value is -2.61. The average molecular weight is 344 g/mol. The molecule has 0 bridgehead atoms. The van der Waals surface area contributed by atoms with Gasteiger partial charge in [-0.15, -0.1) is 11.3 Å². The van der Waals surface area contributed by atoms with E-state index in [9.17, 15) is 4.79 Å². The number of thiazole rings is 1. The third-order valence-corrected chi connectivity index (χ3v) is 4.00. The molecular formula is C16H16N4O3S. The highest BCUT2D eigenvalue weighted by Crippen LogP contribution is 2.14. The number of rotatable bonds is 7. The average Bonchev–Trinajstić information content (AvgIpc) is 3.22. The highest BCUT2D eigenvalue weighted by Gasteiger charge is 2.10. The van der Waals surface area contributed by atoms with Crippen LogP contribution in [0.1, 0.15) is 23.0 Å². The molecule has 8 heteroatoms. The standard InChI is InChI=1S/C16H16N4O3S/c1-11-18-13(10-24-11)8-15(21)22-7-3-5-14-19-16(20-23-14)12-4-2-6-17-9-12/h2,4,6,9-10H,3,5,7-8H2,1H3. The third kappa shape index (κ3) is 4.45. The number of aromatic nitrogens is 4. The van der Waals surface area contributed by atoms with Crippen molar-refractivity contribution in [3.05, 3.63) is 46.5 Å². The van der Waals surface area contributed by atoms with Gasteiger partial charge in [-0.05, 0) is 25.5 Å². The van der Waals surface area contributed by atoms with Crippen LogP contribution >= 0.6 is 11.3 Å². The summed E-state index contributed by atoms with van der Waals surface area (Å²) in [4.78, 5) is 24.3. The summed E-state index contributed by atoms with van der Waals surface area (Å²) in [6.07, 6.45) is 4.74. The molecule has 0 aliphatic heterocycles. The summed E-state index contributed by atoms with van der Waals surface area (Å²) in [6, 6.07) is 3.68. The number of carbonyl (C=O) groups is 1. The van der Waals surface area contributed by atoms with Crippen molar-refractivity contribution in [1.82, 2.24) is 20.1 Å². The van der Waals surface area contributed by atoms with Crippen molar-refractivity contribution in [1.29, 1.82) is 0 Å². The lowest BCUT2D eigenvalue weighted by atomic mass is 10.3. The van der Waals surface area contributed by atoms with Crippen LogP contribution in [0.5, 0.6) is 0 Å². The fourth-order valence-corrected chi connectivity index (χ4v) is 2.68. The van der Waals surface area contributed by atoms with E-state index in [1.807, 2.05) is 24.4 Å². The Labute approximate surface area is 142 Å². The Morgan fingerprint density at radius 1 is 1.38 bits per heavy atom. The molecule has 7 nitrogen and oxygen atoms in total. The monoisotopic (exact) mass is 344 g/mol. The summed E-state index contributed by atoms with van der Waals surface area (Å²) in [7, 11) is 0. The van der Waals surface area contributed by atoms with Gasteiger partial charge in [0, 0.05) is 29.8 Å². The van der Waals surface area contributed by atoms with Gasteiger partial charge in [-0.1, -0.05) is 5.16 Å². The quantitative estimate of drug-likeness (QED) is 0.480. The van der Waals surface area contributed by atoms with Crippen LogP contribution in [0.4, 0.5) is 0 Å². The summed E-state index contributed by atoms with van der Waals surface area (Å²) in [6.45, 7) is 2.22. The zero-order valence-electron chi connectivity index (χ0n) is 13.1. The zero-order valence-corrected chi connectivity index (χ0v) is 14.0. The zero-order chi connectivity index (χ0) is 16.8. The SMILES string of the molecule is Cc1nc(CC(=O)OCCCc2nc(-c3cccnc3)no2)cs1. The van der Waals surface area contributed by atoms with Gasteiger partial charge in [0.1, 0.15) is 0 Å². The van der Waals surface area contributed by atoms with Crippen LogP contribution in [0.2, 0.25) is 0 Å². The molecule has 0 aliphatic carbocycles. The second-order valence-electron chi connectivity index (χ2n) is 5.11. The van der Waals surface area contributed by atoms with Crippen LogP contribution in [0.15, 0.2) is 34.4 Å². The lowest BCUT2D eigenvalue weighted by Crippen LogP contribution is -2.10. The van der Waals surface area contributed by atoms with E-state index in [-0.39, 0.29) is 12.4 Å². The van der Waals surface area contributed by atoms with Crippen molar-refractivity contribution in [3.8, 4) is 11.4 Å². The number of aryl methyl sites for hydroxylation is 2. The Morgan fingerprint density at radius 2 is 2.29 bits per heavy atom. The molecule has 124 valence electrons. The first kappa shape index (κ1) is 16.3. The van der Waals surface area contributed by atoms with Crippen molar-refractivity contribution >= 4 is 17.3 Å². The van der Waals surface area contributed by atoms with Crippen LogP contribution in [0, 0.1) is 6.92 Å². The number of pyridine rings is 1. The minimum atomic E-state index is -0.276. The van der Waals surface area contributed by atoms with E-state index in [1.165, 1.54) is 11.3 Å². The minimum Gasteiger partial charge on any atom is -0.465 e. The third-order valence-electron chi connectivity index (χ3n) is 3.18. The predicted octanol–water partition coefficient (Wildman–Crippen LogP) is 2.62. The second kappa shape index (κ2) is 7.78. The largest absolute Gasteiger partial charge is 0.465 e. The van der Waals surface area contributed by atoms with Gasteiger partial charge in [0.2, 0.25) is 11.7 Å². The van der Waals surface area contributed by atoms with Crippen molar-refractivity contribution in [3.63, 3.8) is 0 Å². The van der Waals surface area contributed by atoms with Crippen LogP contribution in [0.25, 0.3) is 11.4 Å². The van der Waals surface area contributed by atoms with Gasteiger partial charge in [-0.3, -0.25) is 9.78 Å². The summed E-state index contributed by atoms with van der Waals surface area (Å²) in [5.41, 5.74) is 1.55. The van der Waals surface area contributed by atoms with Crippen LogP contribution in [-0.2, 0) is 22.4 Å². The molecule has 0 saturated heterocycles. The molecular weight excluding hydrogens is 328 g/mol. The van der Waals surface area contributed by atoms with Crippen LogP contribution < -0.4 is 0 Å². The van der Waals surface area contributed by atoms with Crippen molar-refractivity contribution < 1.29 is 14.1 Å². The van der Waals surface area contributed by atoms with Gasteiger partial charge < -0.3 is 9.26 Å². The fraction of sp³-hybridized carbons (Fsp3) is 0.312. The van der Waals surface area contributed by atoms with Crippen molar-refractivity contribution in [2.45, 2.75) is 26.2 Å². The lowest BCUT2D eigenvalue weighted by Gasteiger charge is -2.02. The van der Waals surface area contributed by atoms with Crippen molar-refractivity contribution in [2.75, 3.05) is 6.61 Å². The molecule has 0 spiro atoms. The van der Waals surface area contributed by atoms with Gasteiger partial charge in [0.15, 0.2) is 0 Å². The van der Waals surface area contributed by atoms with Crippen LogP contribution in [-0.4, -0.2) is 32.7 Å². The normalized spacial score (nSPS) is 10.7. The molecule has 3 aromatic heterocycles. The van der Waals surface area contributed by atoms with E-state index in [0.717, 1.165) is 16.3 Å². The lowest BCUT2D eigenvalue weighted by molar-refractivity contribution is -0.143. The first-order chi connectivity index (χ1) is 11.7. The number of hydrogen-bond acceptors (Lipinski definition) is 8. The fourth-order valence-electron chi connectivity index (χ4n) is 2.07. The molecule has 0 unspecified atom stereocenters. The minimum absolute atomic E-state index is 0.204. The van der Waals surface area contributed by atoms with Gasteiger partial charge in [-0.25, -0.2) is 4.98 Å². The highest BCUT2D eigenvalue weighted by molar-refractivity contribution is 7.09. The summed E-state index contributed by atoms with van der Waals surface area (Å²) in [5, 5.41) is 6.73. The van der Waals surface area contributed by atoms with E-state index in [2.05, 4.69) is 20.1 Å². The number of esters is 1. The smallest absolute Gasteiger partial charge is 0.311 e. The molecule has 0 amide bonds. The number of carbonyl (C=O) groups excluding carboxylic acids is 1. The highest BCUT2D eigenvalue weighted by atomic mass is 32.1. The van der Waals surface area contributed by atoms with Gasteiger partial charge in [0.25, 0.3) is 0 Å². The summed E-state index contributed by atoms with van der Waals surface area (Å²) < 4.78 is 10.4. The Morgan fingerprint density at radius 3 is 3.04 bits per heavy atom. The molecule has 0 fully saturated rings. The van der Waals surface area contributed by atoms with Gasteiger partial charge in [0.05, 0.1) is 23.7 Å². The number of ether oxygens (including phenoxy) is 1. The van der Waals surface area contributed by atoms with E-state index in [1.54, 1.807) is 12.4 Å². The predicted molar refractivity (Wildman–Crippen MR) is 87.4 cm³/mol.